The molecule has 3 rings (SSSR count). The van der Waals surface area contributed by atoms with Gasteiger partial charge < -0.3 is 10.2 Å². The summed E-state index contributed by atoms with van der Waals surface area (Å²) >= 11 is 5.87. The maximum Gasteiger partial charge on any atom is 0.360 e. The van der Waals surface area contributed by atoms with Gasteiger partial charge in [-0.3, -0.25) is 0 Å². The second-order valence-corrected chi connectivity index (χ2v) is 5.03. The van der Waals surface area contributed by atoms with Gasteiger partial charge in [0.1, 0.15) is 11.4 Å². The van der Waals surface area contributed by atoms with Crippen LogP contribution in [0.3, 0.4) is 0 Å². The lowest BCUT2D eigenvalue weighted by Gasteiger charge is -2.07. The molecule has 0 aliphatic heterocycles. The van der Waals surface area contributed by atoms with Crippen LogP contribution in [0.15, 0.2) is 69.9 Å². The molecule has 0 saturated heterocycles. The number of halogens is 1. The first-order valence-corrected chi connectivity index (χ1v) is 6.78. The summed E-state index contributed by atoms with van der Waals surface area (Å²) in [6.07, 6.45) is 0. The minimum absolute atomic E-state index is 0.110. The smallest absolute Gasteiger partial charge is 0.360 e. The second kappa shape index (κ2) is 5.46. The topological polar surface area (TPSA) is 56.2 Å². The average Bonchev–Trinajstić information content (AvgIpc) is 2.51. The van der Waals surface area contributed by atoms with Crippen LogP contribution in [0.25, 0.3) is 22.5 Å². The molecule has 3 aromatic rings. The molecule has 1 heterocycles. The van der Waals surface area contributed by atoms with Crippen LogP contribution < -0.4 is 11.4 Å². The maximum atomic E-state index is 12.0. The van der Waals surface area contributed by atoms with Crippen LogP contribution in [0.5, 0.6) is 0 Å². The predicted octanol–water partition coefficient (Wildman–Crippen LogP) is 4.21. The Bertz CT molecular complexity index is 824. The van der Waals surface area contributed by atoms with Crippen LogP contribution in [0.2, 0.25) is 5.02 Å². The zero-order valence-corrected chi connectivity index (χ0v) is 11.8. The van der Waals surface area contributed by atoms with Gasteiger partial charge in [0.15, 0.2) is 0 Å². The van der Waals surface area contributed by atoms with Gasteiger partial charge in [-0.15, -0.1) is 0 Å². The SMILES string of the molecule is Nc1c(-c2ccccc2)cc(-c2ccc(Cl)cc2)oc1=O. The van der Waals surface area contributed by atoms with Gasteiger partial charge in [0.2, 0.25) is 0 Å². The third kappa shape index (κ3) is 2.69. The number of rotatable bonds is 2. The van der Waals surface area contributed by atoms with E-state index in [9.17, 15) is 4.79 Å². The number of benzene rings is 2. The number of hydrogen-bond donors (Lipinski definition) is 1. The minimum Gasteiger partial charge on any atom is -0.421 e. The van der Waals surface area contributed by atoms with Crippen molar-refractivity contribution in [1.82, 2.24) is 0 Å². The highest BCUT2D eigenvalue weighted by molar-refractivity contribution is 6.30. The molecule has 3 nitrogen and oxygen atoms in total. The van der Waals surface area contributed by atoms with E-state index < -0.39 is 5.63 Å². The van der Waals surface area contributed by atoms with Crippen molar-refractivity contribution >= 4 is 17.3 Å². The van der Waals surface area contributed by atoms with Crippen molar-refractivity contribution in [2.24, 2.45) is 0 Å². The predicted molar refractivity (Wildman–Crippen MR) is 85.3 cm³/mol. The van der Waals surface area contributed by atoms with Crippen LogP contribution in [0.4, 0.5) is 5.69 Å². The summed E-state index contributed by atoms with van der Waals surface area (Å²) in [6, 6.07) is 18.4. The summed E-state index contributed by atoms with van der Waals surface area (Å²) in [5, 5.41) is 0.625. The van der Waals surface area contributed by atoms with Gasteiger partial charge in [-0.1, -0.05) is 41.9 Å². The second-order valence-electron chi connectivity index (χ2n) is 4.60. The van der Waals surface area contributed by atoms with Gasteiger partial charge in [0.05, 0.1) is 0 Å². The molecule has 4 heteroatoms. The molecule has 0 saturated carbocycles. The fourth-order valence-corrected chi connectivity index (χ4v) is 2.24. The Hall–Kier alpha value is -2.52. The largest absolute Gasteiger partial charge is 0.421 e. The van der Waals surface area contributed by atoms with E-state index >= 15 is 0 Å². The first-order valence-electron chi connectivity index (χ1n) is 6.40. The zero-order chi connectivity index (χ0) is 14.8. The van der Waals surface area contributed by atoms with Crippen molar-refractivity contribution in [2.45, 2.75) is 0 Å². The van der Waals surface area contributed by atoms with Gasteiger partial charge in [0, 0.05) is 16.1 Å². The monoisotopic (exact) mass is 297 g/mol. The van der Waals surface area contributed by atoms with Crippen molar-refractivity contribution in [3.8, 4) is 22.5 Å². The molecule has 0 aliphatic carbocycles. The van der Waals surface area contributed by atoms with Crippen molar-refractivity contribution in [1.29, 1.82) is 0 Å². The molecule has 0 amide bonds. The molecule has 0 unspecified atom stereocenters. The molecular weight excluding hydrogens is 286 g/mol. The Morgan fingerprint density at radius 1 is 0.905 bits per heavy atom. The van der Waals surface area contributed by atoms with Crippen molar-refractivity contribution in [3.63, 3.8) is 0 Å². The van der Waals surface area contributed by atoms with E-state index in [1.54, 1.807) is 30.3 Å². The summed E-state index contributed by atoms with van der Waals surface area (Å²) < 4.78 is 5.27. The summed E-state index contributed by atoms with van der Waals surface area (Å²) in [5.74, 6) is 0.463. The summed E-state index contributed by atoms with van der Waals surface area (Å²) in [5.41, 5.74) is 7.74. The highest BCUT2D eigenvalue weighted by Gasteiger charge is 2.11. The first-order chi connectivity index (χ1) is 10.1. The van der Waals surface area contributed by atoms with Crippen LogP contribution >= 0.6 is 11.6 Å². The summed E-state index contributed by atoms with van der Waals surface area (Å²) in [4.78, 5) is 12.0. The third-order valence-corrected chi connectivity index (χ3v) is 3.45. The standard InChI is InChI=1S/C17H12ClNO2/c18-13-8-6-12(7-9-13)15-10-14(16(19)17(20)21-15)11-4-2-1-3-5-11/h1-10H,19H2. The quantitative estimate of drug-likeness (QED) is 0.771. The fourth-order valence-electron chi connectivity index (χ4n) is 2.12. The van der Waals surface area contributed by atoms with Crippen LogP contribution in [0.1, 0.15) is 0 Å². The Kier molecular flexibility index (Phi) is 3.50. The number of nitrogen functional groups attached to an aromatic ring is 1. The van der Waals surface area contributed by atoms with E-state index in [2.05, 4.69) is 0 Å². The normalized spacial score (nSPS) is 10.5. The van der Waals surface area contributed by atoms with Gasteiger partial charge in [-0.25, -0.2) is 4.79 Å². The molecule has 21 heavy (non-hydrogen) atoms. The molecule has 0 fully saturated rings. The van der Waals surface area contributed by atoms with Crippen LogP contribution in [-0.2, 0) is 0 Å². The third-order valence-electron chi connectivity index (χ3n) is 3.20. The van der Waals surface area contributed by atoms with E-state index in [0.29, 0.717) is 16.3 Å². The highest BCUT2D eigenvalue weighted by Crippen LogP contribution is 2.29. The van der Waals surface area contributed by atoms with E-state index in [1.807, 2.05) is 30.3 Å². The Morgan fingerprint density at radius 3 is 2.24 bits per heavy atom. The van der Waals surface area contributed by atoms with E-state index in [1.165, 1.54) is 0 Å². The summed E-state index contributed by atoms with van der Waals surface area (Å²) in [7, 11) is 0. The lowest BCUT2D eigenvalue weighted by molar-refractivity contribution is 0.530. The number of anilines is 1. The van der Waals surface area contributed by atoms with Crippen LogP contribution in [0, 0.1) is 0 Å². The lowest BCUT2D eigenvalue weighted by Crippen LogP contribution is -2.08. The average molecular weight is 298 g/mol. The van der Waals surface area contributed by atoms with Gasteiger partial charge in [-0.2, -0.15) is 0 Å². The molecule has 0 bridgehead atoms. The lowest BCUT2D eigenvalue weighted by atomic mass is 10.0. The fraction of sp³-hybridized carbons (Fsp3) is 0. The molecule has 0 spiro atoms. The molecule has 104 valence electrons. The molecular formula is C17H12ClNO2. The Labute approximate surface area is 126 Å². The molecule has 2 N–H and O–H groups in total. The van der Waals surface area contributed by atoms with Gasteiger partial charge in [0.25, 0.3) is 0 Å². The Balaban J connectivity index is 2.19. The van der Waals surface area contributed by atoms with Crippen molar-refractivity contribution < 1.29 is 4.42 Å². The number of hydrogen-bond acceptors (Lipinski definition) is 3. The van der Waals surface area contributed by atoms with Gasteiger partial charge in [-0.05, 0) is 35.9 Å². The molecule has 0 atom stereocenters. The minimum atomic E-state index is -0.540. The highest BCUT2D eigenvalue weighted by atomic mass is 35.5. The molecule has 2 aromatic carbocycles. The summed E-state index contributed by atoms with van der Waals surface area (Å²) in [6.45, 7) is 0. The van der Waals surface area contributed by atoms with Crippen molar-refractivity contribution in [2.75, 3.05) is 5.73 Å². The zero-order valence-electron chi connectivity index (χ0n) is 11.0. The molecule has 1 aromatic heterocycles. The van der Waals surface area contributed by atoms with E-state index in [-0.39, 0.29) is 5.69 Å². The molecule has 0 radical (unpaired) electrons. The number of nitrogens with two attached hydrogens (primary N) is 1. The molecule has 0 aliphatic rings. The van der Waals surface area contributed by atoms with Crippen LogP contribution in [-0.4, -0.2) is 0 Å². The van der Waals surface area contributed by atoms with Crippen molar-refractivity contribution in [3.05, 3.63) is 76.1 Å². The van der Waals surface area contributed by atoms with E-state index in [0.717, 1.165) is 11.1 Å². The first kappa shape index (κ1) is 13.5. The maximum absolute atomic E-state index is 12.0. The van der Waals surface area contributed by atoms with E-state index in [4.69, 9.17) is 21.8 Å². The Morgan fingerprint density at radius 2 is 1.57 bits per heavy atom. The van der Waals surface area contributed by atoms with Gasteiger partial charge >= 0.3 is 5.63 Å².